The summed E-state index contributed by atoms with van der Waals surface area (Å²) in [5, 5.41) is 0.989. The summed E-state index contributed by atoms with van der Waals surface area (Å²) >= 11 is 1.69. The van der Waals surface area contributed by atoms with Crippen LogP contribution in [0.5, 0.6) is 0 Å². The van der Waals surface area contributed by atoms with Gasteiger partial charge in [-0.3, -0.25) is 9.78 Å². The van der Waals surface area contributed by atoms with E-state index in [1.54, 1.807) is 17.5 Å². The van der Waals surface area contributed by atoms with Crippen molar-refractivity contribution in [3.8, 4) is 21.8 Å². The molecule has 0 saturated heterocycles. The van der Waals surface area contributed by atoms with E-state index in [1.165, 1.54) is 10.4 Å². The predicted octanol–water partition coefficient (Wildman–Crippen LogP) is 4.73. The highest BCUT2D eigenvalue weighted by molar-refractivity contribution is 7.15. The van der Waals surface area contributed by atoms with Gasteiger partial charge in [0, 0.05) is 46.5 Å². The lowest BCUT2D eigenvalue weighted by atomic mass is 10.1. The number of nitrogens with zero attached hydrogens (tertiary/aromatic N) is 3. The standard InChI is InChI=1S/C21H21N3OS/c1-13(2)21(25)24-10-8-15-11-16(6-7-18(15)24)19-14(3)26-20(23-19)17-5-4-9-22-12-17/h4-7,9,11-13H,8,10H2,1-3H3. The molecule has 0 bridgehead atoms. The van der Waals surface area contributed by atoms with Crippen molar-refractivity contribution in [3.63, 3.8) is 0 Å². The first kappa shape index (κ1) is 16.9. The Morgan fingerprint density at radius 1 is 1.23 bits per heavy atom. The average Bonchev–Trinajstić information content (AvgIpc) is 3.24. The van der Waals surface area contributed by atoms with Crippen molar-refractivity contribution >= 4 is 22.9 Å². The zero-order valence-electron chi connectivity index (χ0n) is 15.2. The molecule has 0 aliphatic carbocycles. The van der Waals surface area contributed by atoms with Crippen LogP contribution >= 0.6 is 11.3 Å². The number of amides is 1. The second-order valence-corrected chi connectivity index (χ2v) is 8.11. The molecule has 0 fully saturated rings. The monoisotopic (exact) mass is 363 g/mol. The number of aromatic nitrogens is 2. The van der Waals surface area contributed by atoms with Gasteiger partial charge in [-0.05, 0) is 43.2 Å². The Morgan fingerprint density at radius 2 is 2.08 bits per heavy atom. The van der Waals surface area contributed by atoms with Gasteiger partial charge >= 0.3 is 0 Å². The van der Waals surface area contributed by atoms with Crippen molar-refractivity contribution in [2.75, 3.05) is 11.4 Å². The van der Waals surface area contributed by atoms with E-state index in [2.05, 4.69) is 30.1 Å². The van der Waals surface area contributed by atoms with Crippen LogP contribution in [0.15, 0.2) is 42.7 Å². The Bertz CT molecular complexity index is 963. The molecule has 1 aliphatic rings. The molecule has 5 heteroatoms. The lowest BCUT2D eigenvalue weighted by Gasteiger charge is -2.19. The van der Waals surface area contributed by atoms with E-state index in [4.69, 9.17) is 4.98 Å². The van der Waals surface area contributed by atoms with Crippen molar-refractivity contribution < 1.29 is 4.79 Å². The minimum absolute atomic E-state index is 0.0171. The maximum atomic E-state index is 12.4. The van der Waals surface area contributed by atoms with Crippen LogP contribution < -0.4 is 4.90 Å². The SMILES string of the molecule is Cc1sc(-c2cccnc2)nc1-c1ccc2c(c1)CCN2C(=O)C(C)C. The van der Waals surface area contributed by atoms with Gasteiger partial charge in [0.15, 0.2) is 0 Å². The Labute approximate surface area is 157 Å². The van der Waals surface area contributed by atoms with E-state index in [0.29, 0.717) is 0 Å². The van der Waals surface area contributed by atoms with Crippen LogP contribution in [0.2, 0.25) is 0 Å². The summed E-state index contributed by atoms with van der Waals surface area (Å²) < 4.78 is 0. The molecule has 4 nitrogen and oxygen atoms in total. The molecule has 2 aromatic heterocycles. The summed E-state index contributed by atoms with van der Waals surface area (Å²) in [5.74, 6) is 0.212. The summed E-state index contributed by atoms with van der Waals surface area (Å²) in [5.41, 5.74) is 5.46. The molecule has 1 aliphatic heterocycles. The fraction of sp³-hybridized carbons (Fsp3) is 0.286. The number of hydrogen-bond donors (Lipinski definition) is 0. The number of carbonyl (C=O) groups excluding carboxylic acids is 1. The number of thiazole rings is 1. The highest BCUT2D eigenvalue weighted by Crippen LogP contribution is 2.37. The minimum Gasteiger partial charge on any atom is -0.312 e. The third-order valence-corrected chi connectivity index (χ3v) is 5.73. The zero-order valence-corrected chi connectivity index (χ0v) is 16.0. The van der Waals surface area contributed by atoms with Crippen molar-refractivity contribution in [1.29, 1.82) is 0 Å². The topological polar surface area (TPSA) is 46.1 Å². The van der Waals surface area contributed by atoms with Crippen LogP contribution in [-0.4, -0.2) is 22.4 Å². The molecule has 1 amide bonds. The third-order valence-electron chi connectivity index (χ3n) is 4.71. The molecular formula is C21H21N3OS. The van der Waals surface area contributed by atoms with Crippen LogP contribution in [0.25, 0.3) is 21.8 Å². The van der Waals surface area contributed by atoms with Crippen molar-refractivity contribution in [3.05, 3.63) is 53.2 Å². The Balaban J connectivity index is 1.69. The first-order valence-electron chi connectivity index (χ1n) is 8.87. The summed E-state index contributed by atoms with van der Waals surface area (Å²) in [6.45, 7) is 6.78. The molecule has 0 atom stereocenters. The van der Waals surface area contributed by atoms with E-state index in [9.17, 15) is 4.79 Å². The van der Waals surface area contributed by atoms with E-state index < -0.39 is 0 Å². The highest BCUT2D eigenvalue weighted by atomic mass is 32.1. The fourth-order valence-corrected chi connectivity index (χ4v) is 4.29. The number of rotatable bonds is 3. The molecule has 0 radical (unpaired) electrons. The van der Waals surface area contributed by atoms with E-state index in [-0.39, 0.29) is 11.8 Å². The zero-order chi connectivity index (χ0) is 18.3. The van der Waals surface area contributed by atoms with Gasteiger partial charge in [0.1, 0.15) is 5.01 Å². The summed E-state index contributed by atoms with van der Waals surface area (Å²) in [6.07, 6.45) is 4.52. The van der Waals surface area contributed by atoms with Crippen LogP contribution in [0.1, 0.15) is 24.3 Å². The predicted molar refractivity (Wildman–Crippen MR) is 106 cm³/mol. The highest BCUT2D eigenvalue weighted by Gasteiger charge is 2.26. The molecular weight excluding hydrogens is 342 g/mol. The van der Waals surface area contributed by atoms with Gasteiger partial charge < -0.3 is 4.90 Å². The molecule has 1 aromatic carbocycles. The van der Waals surface area contributed by atoms with Gasteiger partial charge in [0.2, 0.25) is 5.91 Å². The number of anilines is 1. The van der Waals surface area contributed by atoms with Crippen molar-refractivity contribution in [2.45, 2.75) is 27.2 Å². The first-order chi connectivity index (χ1) is 12.5. The lowest BCUT2D eigenvalue weighted by Crippen LogP contribution is -2.32. The smallest absolute Gasteiger partial charge is 0.229 e. The normalized spacial score (nSPS) is 13.3. The molecule has 0 unspecified atom stereocenters. The molecule has 4 rings (SSSR count). The fourth-order valence-electron chi connectivity index (χ4n) is 3.37. The Kier molecular flexibility index (Phi) is 4.32. The van der Waals surface area contributed by atoms with E-state index in [1.807, 2.05) is 37.1 Å². The number of benzene rings is 1. The number of hydrogen-bond acceptors (Lipinski definition) is 4. The van der Waals surface area contributed by atoms with E-state index in [0.717, 1.165) is 40.5 Å². The molecule has 0 spiro atoms. The lowest BCUT2D eigenvalue weighted by molar-refractivity contribution is -0.121. The third kappa shape index (κ3) is 2.92. The average molecular weight is 363 g/mol. The quantitative estimate of drug-likeness (QED) is 0.676. The van der Waals surface area contributed by atoms with Gasteiger partial charge in [-0.2, -0.15) is 0 Å². The van der Waals surface area contributed by atoms with Gasteiger partial charge in [-0.15, -0.1) is 11.3 Å². The maximum Gasteiger partial charge on any atom is 0.229 e. The number of fused-ring (bicyclic) bond motifs is 1. The van der Waals surface area contributed by atoms with Crippen molar-refractivity contribution in [2.24, 2.45) is 5.92 Å². The molecule has 132 valence electrons. The Hall–Kier alpha value is -2.53. The first-order valence-corrected chi connectivity index (χ1v) is 9.68. The second-order valence-electron chi connectivity index (χ2n) is 6.90. The van der Waals surface area contributed by atoms with Crippen LogP contribution in [0, 0.1) is 12.8 Å². The maximum absolute atomic E-state index is 12.4. The molecule has 0 saturated carbocycles. The number of carbonyl (C=O) groups is 1. The summed E-state index contributed by atoms with van der Waals surface area (Å²) in [7, 11) is 0. The minimum atomic E-state index is 0.0171. The summed E-state index contributed by atoms with van der Waals surface area (Å²) in [4.78, 5) is 24.5. The van der Waals surface area contributed by atoms with Gasteiger partial charge in [-0.1, -0.05) is 19.9 Å². The van der Waals surface area contributed by atoms with Crippen molar-refractivity contribution in [1.82, 2.24) is 9.97 Å². The second kappa shape index (κ2) is 6.65. The van der Waals surface area contributed by atoms with Crippen LogP contribution in [-0.2, 0) is 11.2 Å². The van der Waals surface area contributed by atoms with Crippen LogP contribution in [0.4, 0.5) is 5.69 Å². The van der Waals surface area contributed by atoms with Crippen LogP contribution in [0.3, 0.4) is 0 Å². The van der Waals surface area contributed by atoms with Gasteiger partial charge in [0.25, 0.3) is 0 Å². The number of aryl methyl sites for hydroxylation is 1. The van der Waals surface area contributed by atoms with Gasteiger partial charge in [0.05, 0.1) is 5.69 Å². The molecule has 26 heavy (non-hydrogen) atoms. The Morgan fingerprint density at radius 3 is 2.81 bits per heavy atom. The molecule has 3 aromatic rings. The molecule has 3 heterocycles. The molecule has 0 N–H and O–H groups in total. The largest absolute Gasteiger partial charge is 0.312 e. The summed E-state index contributed by atoms with van der Waals surface area (Å²) in [6, 6.07) is 10.3. The number of pyridine rings is 1. The van der Waals surface area contributed by atoms with Gasteiger partial charge in [-0.25, -0.2) is 4.98 Å². The van der Waals surface area contributed by atoms with E-state index >= 15 is 0 Å².